The smallest absolute Gasteiger partial charge is 0.123 e. The summed E-state index contributed by atoms with van der Waals surface area (Å²) in [6, 6.07) is 4.08. The normalized spacial score (nSPS) is 11.4. The summed E-state index contributed by atoms with van der Waals surface area (Å²) in [5, 5.41) is 0. The molecule has 0 aromatic heterocycles. The molecule has 0 fully saturated rings. The molecule has 0 saturated heterocycles. The molecule has 1 aromatic rings. The minimum absolute atomic E-state index is 0.0276. The van der Waals surface area contributed by atoms with Gasteiger partial charge in [-0.2, -0.15) is 0 Å². The lowest BCUT2D eigenvalue weighted by atomic mass is 9.85. The highest BCUT2D eigenvalue weighted by molar-refractivity contribution is 5.48. The van der Waals surface area contributed by atoms with Crippen LogP contribution in [0, 0.1) is 6.92 Å². The van der Waals surface area contributed by atoms with Gasteiger partial charge in [0, 0.05) is 12.1 Å². The first-order chi connectivity index (χ1) is 7.90. The van der Waals surface area contributed by atoms with Crippen LogP contribution in [0.15, 0.2) is 12.1 Å². The molecule has 0 heterocycles. The van der Waals surface area contributed by atoms with Gasteiger partial charge in [0.15, 0.2) is 0 Å². The van der Waals surface area contributed by atoms with Crippen molar-refractivity contribution in [3.8, 4) is 11.5 Å². The minimum atomic E-state index is 0.0276. The largest absolute Gasteiger partial charge is 0.496 e. The van der Waals surface area contributed by atoms with Crippen LogP contribution in [0.4, 0.5) is 0 Å². The van der Waals surface area contributed by atoms with Crippen molar-refractivity contribution in [1.82, 2.24) is 0 Å². The van der Waals surface area contributed by atoms with Crippen LogP contribution in [-0.2, 0) is 5.41 Å². The first-order valence-electron chi connectivity index (χ1n) is 5.92. The third-order valence-corrected chi connectivity index (χ3v) is 2.68. The second-order valence-electron chi connectivity index (χ2n) is 5.21. The standard InChI is InChI=1S/C14H23NO2/c1-10-8-13(16-5)11(14(2,3)4)9-12(10)17-7-6-15/h8-9H,6-7,15H2,1-5H3. The van der Waals surface area contributed by atoms with Crippen LogP contribution in [0.25, 0.3) is 0 Å². The maximum absolute atomic E-state index is 5.64. The van der Waals surface area contributed by atoms with E-state index in [0.29, 0.717) is 13.2 Å². The predicted molar refractivity (Wildman–Crippen MR) is 71.0 cm³/mol. The molecule has 0 radical (unpaired) electrons. The van der Waals surface area contributed by atoms with Crippen LogP contribution in [0.3, 0.4) is 0 Å². The van der Waals surface area contributed by atoms with E-state index < -0.39 is 0 Å². The van der Waals surface area contributed by atoms with Gasteiger partial charge in [-0.15, -0.1) is 0 Å². The van der Waals surface area contributed by atoms with Crippen LogP contribution in [0.2, 0.25) is 0 Å². The van der Waals surface area contributed by atoms with Gasteiger partial charge in [0.25, 0.3) is 0 Å². The van der Waals surface area contributed by atoms with Crippen molar-refractivity contribution < 1.29 is 9.47 Å². The third-order valence-electron chi connectivity index (χ3n) is 2.68. The average molecular weight is 237 g/mol. The van der Waals surface area contributed by atoms with Gasteiger partial charge in [0.1, 0.15) is 18.1 Å². The van der Waals surface area contributed by atoms with E-state index >= 15 is 0 Å². The van der Waals surface area contributed by atoms with Crippen molar-refractivity contribution in [2.24, 2.45) is 5.73 Å². The van der Waals surface area contributed by atoms with Crippen molar-refractivity contribution in [3.05, 3.63) is 23.3 Å². The number of benzene rings is 1. The molecule has 0 atom stereocenters. The second kappa shape index (κ2) is 5.41. The zero-order chi connectivity index (χ0) is 13.1. The van der Waals surface area contributed by atoms with Gasteiger partial charge < -0.3 is 15.2 Å². The van der Waals surface area contributed by atoms with Crippen molar-refractivity contribution >= 4 is 0 Å². The fraction of sp³-hybridized carbons (Fsp3) is 0.571. The highest BCUT2D eigenvalue weighted by Crippen LogP contribution is 2.36. The molecule has 0 aliphatic heterocycles. The lowest BCUT2D eigenvalue weighted by Crippen LogP contribution is -2.15. The molecule has 1 aromatic carbocycles. The van der Waals surface area contributed by atoms with Gasteiger partial charge in [-0.05, 0) is 30.0 Å². The number of methoxy groups -OCH3 is 1. The van der Waals surface area contributed by atoms with Crippen LogP contribution >= 0.6 is 0 Å². The topological polar surface area (TPSA) is 44.5 Å². The molecule has 17 heavy (non-hydrogen) atoms. The Morgan fingerprint density at radius 1 is 1.18 bits per heavy atom. The molecule has 3 nitrogen and oxygen atoms in total. The van der Waals surface area contributed by atoms with Gasteiger partial charge in [-0.1, -0.05) is 20.8 Å². The van der Waals surface area contributed by atoms with Gasteiger partial charge >= 0.3 is 0 Å². The zero-order valence-corrected chi connectivity index (χ0v) is 11.5. The lowest BCUT2D eigenvalue weighted by molar-refractivity contribution is 0.323. The van der Waals surface area contributed by atoms with Crippen molar-refractivity contribution in [2.45, 2.75) is 33.1 Å². The second-order valence-corrected chi connectivity index (χ2v) is 5.21. The van der Waals surface area contributed by atoms with E-state index in [2.05, 4.69) is 26.8 Å². The highest BCUT2D eigenvalue weighted by Gasteiger charge is 2.20. The number of rotatable bonds is 4. The van der Waals surface area contributed by atoms with E-state index in [1.165, 1.54) is 0 Å². The molecule has 1 rings (SSSR count). The third kappa shape index (κ3) is 3.37. The van der Waals surface area contributed by atoms with Crippen molar-refractivity contribution in [2.75, 3.05) is 20.3 Å². The maximum Gasteiger partial charge on any atom is 0.123 e. The van der Waals surface area contributed by atoms with Crippen LogP contribution in [0.5, 0.6) is 11.5 Å². The Morgan fingerprint density at radius 2 is 1.82 bits per heavy atom. The molecule has 3 heteroatoms. The average Bonchev–Trinajstić information content (AvgIpc) is 2.25. The first kappa shape index (κ1) is 13.8. The molecule has 0 unspecified atom stereocenters. The number of nitrogens with two attached hydrogens (primary N) is 1. The highest BCUT2D eigenvalue weighted by atomic mass is 16.5. The molecule has 0 bridgehead atoms. The summed E-state index contributed by atoms with van der Waals surface area (Å²) in [5.41, 5.74) is 7.71. The summed E-state index contributed by atoms with van der Waals surface area (Å²) >= 11 is 0. The fourth-order valence-corrected chi connectivity index (χ4v) is 1.74. The number of hydrogen-bond acceptors (Lipinski definition) is 3. The van der Waals surface area contributed by atoms with Gasteiger partial charge in [-0.25, -0.2) is 0 Å². The van der Waals surface area contributed by atoms with E-state index in [0.717, 1.165) is 22.6 Å². The van der Waals surface area contributed by atoms with Crippen LogP contribution in [0.1, 0.15) is 31.9 Å². The molecule has 0 aliphatic rings. The molecule has 0 spiro atoms. The van der Waals surface area contributed by atoms with Crippen molar-refractivity contribution in [3.63, 3.8) is 0 Å². The fourth-order valence-electron chi connectivity index (χ4n) is 1.74. The van der Waals surface area contributed by atoms with Crippen molar-refractivity contribution in [1.29, 1.82) is 0 Å². The molecular weight excluding hydrogens is 214 g/mol. The predicted octanol–water partition coefficient (Wildman–Crippen LogP) is 2.64. The summed E-state index contributed by atoms with van der Waals surface area (Å²) < 4.78 is 11.1. The SMILES string of the molecule is COc1cc(C)c(OCCN)cc1C(C)(C)C. The Labute approximate surface area is 104 Å². The number of ether oxygens (including phenoxy) is 2. The van der Waals surface area contributed by atoms with E-state index in [1.807, 2.05) is 13.0 Å². The Balaban J connectivity index is 3.18. The van der Waals surface area contributed by atoms with E-state index in [9.17, 15) is 0 Å². The minimum Gasteiger partial charge on any atom is -0.496 e. The number of aryl methyl sites for hydroxylation is 1. The Bertz CT molecular complexity index is 381. The van der Waals surface area contributed by atoms with Crippen LogP contribution in [-0.4, -0.2) is 20.3 Å². The van der Waals surface area contributed by atoms with E-state index in [4.69, 9.17) is 15.2 Å². The Morgan fingerprint density at radius 3 is 2.29 bits per heavy atom. The Kier molecular flexibility index (Phi) is 4.40. The summed E-state index contributed by atoms with van der Waals surface area (Å²) in [6.45, 7) is 9.56. The summed E-state index contributed by atoms with van der Waals surface area (Å²) in [7, 11) is 1.70. The quantitative estimate of drug-likeness (QED) is 0.875. The van der Waals surface area contributed by atoms with Gasteiger partial charge in [0.05, 0.1) is 7.11 Å². The molecule has 0 saturated carbocycles. The first-order valence-corrected chi connectivity index (χ1v) is 5.92. The summed E-state index contributed by atoms with van der Waals surface area (Å²) in [5.74, 6) is 1.80. The van der Waals surface area contributed by atoms with Gasteiger partial charge in [-0.3, -0.25) is 0 Å². The summed E-state index contributed by atoms with van der Waals surface area (Å²) in [4.78, 5) is 0. The monoisotopic (exact) mass is 237 g/mol. The van der Waals surface area contributed by atoms with E-state index in [1.54, 1.807) is 7.11 Å². The maximum atomic E-state index is 5.64. The van der Waals surface area contributed by atoms with Gasteiger partial charge in [0.2, 0.25) is 0 Å². The molecule has 0 aliphatic carbocycles. The molecule has 2 N–H and O–H groups in total. The molecule has 96 valence electrons. The number of hydrogen-bond donors (Lipinski definition) is 1. The lowest BCUT2D eigenvalue weighted by Gasteiger charge is -2.24. The molecule has 0 amide bonds. The van der Waals surface area contributed by atoms with E-state index in [-0.39, 0.29) is 5.41 Å². The zero-order valence-electron chi connectivity index (χ0n) is 11.5. The Hall–Kier alpha value is -1.22. The summed E-state index contributed by atoms with van der Waals surface area (Å²) in [6.07, 6.45) is 0. The van der Waals surface area contributed by atoms with Crippen LogP contribution < -0.4 is 15.2 Å². The molecular formula is C14H23NO2.